The summed E-state index contributed by atoms with van der Waals surface area (Å²) in [5, 5.41) is 7.08. The Morgan fingerprint density at radius 3 is 2.50 bits per heavy atom. The predicted molar refractivity (Wildman–Crippen MR) is 106 cm³/mol. The van der Waals surface area contributed by atoms with Gasteiger partial charge in [-0.05, 0) is 35.4 Å². The van der Waals surface area contributed by atoms with Gasteiger partial charge in [0, 0.05) is 38.6 Å². The van der Waals surface area contributed by atoms with Crippen molar-refractivity contribution in [3.8, 4) is 0 Å². The van der Waals surface area contributed by atoms with Crippen LogP contribution in [0.25, 0.3) is 0 Å². The summed E-state index contributed by atoms with van der Waals surface area (Å²) >= 11 is 0. The first kappa shape index (κ1) is 19.8. The summed E-state index contributed by atoms with van der Waals surface area (Å²) in [6.45, 7) is 0.941. The van der Waals surface area contributed by atoms with Gasteiger partial charge in [-0.3, -0.25) is 9.48 Å². The third-order valence-corrected chi connectivity index (χ3v) is 6.14. The summed E-state index contributed by atoms with van der Waals surface area (Å²) < 4.78 is 27.5. The maximum atomic E-state index is 12.6. The lowest BCUT2D eigenvalue weighted by molar-refractivity contribution is 0.0950. The summed E-state index contributed by atoms with van der Waals surface area (Å²) in [5.41, 5.74) is 2.33. The van der Waals surface area contributed by atoms with Crippen LogP contribution in [-0.4, -0.2) is 42.5 Å². The van der Waals surface area contributed by atoms with Gasteiger partial charge < -0.3 is 5.32 Å². The van der Waals surface area contributed by atoms with E-state index in [1.807, 2.05) is 41.2 Å². The number of amides is 1. The van der Waals surface area contributed by atoms with E-state index in [0.717, 1.165) is 15.4 Å². The van der Waals surface area contributed by atoms with E-state index in [-0.39, 0.29) is 10.8 Å². The van der Waals surface area contributed by atoms with Crippen molar-refractivity contribution in [2.45, 2.75) is 18.0 Å². The van der Waals surface area contributed by atoms with Gasteiger partial charge in [0.1, 0.15) is 0 Å². The van der Waals surface area contributed by atoms with Crippen molar-refractivity contribution < 1.29 is 13.2 Å². The minimum atomic E-state index is -3.59. The number of carbonyl (C=O) groups excluding carboxylic acids is 1. The number of rotatable bonds is 7. The molecule has 1 N–H and O–H groups in total. The molecule has 1 aromatic heterocycles. The van der Waals surface area contributed by atoms with Gasteiger partial charge in [0.05, 0.1) is 11.4 Å². The Kier molecular flexibility index (Phi) is 5.91. The Labute approximate surface area is 164 Å². The molecule has 0 fully saturated rings. The molecule has 0 saturated heterocycles. The molecule has 0 aliphatic carbocycles. The Hall–Kier alpha value is -2.97. The fourth-order valence-corrected chi connectivity index (χ4v) is 3.69. The molecule has 1 heterocycles. The lowest BCUT2D eigenvalue weighted by Gasteiger charge is -2.13. The molecule has 2 aromatic carbocycles. The number of aromatic nitrogens is 2. The van der Waals surface area contributed by atoms with Crippen LogP contribution in [0.1, 0.15) is 21.5 Å². The Morgan fingerprint density at radius 2 is 1.82 bits per heavy atom. The molecule has 1 amide bonds. The van der Waals surface area contributed by atoms with Crippen LogP contribution in [-0.2, 0) is 23.1 Å². The van der Waals surface area contributed by atoms with Gasteiger partial charge in [-0.2, -0.15) is 5.10 Å². The summed E-state index contributed by atoms with van der Waals surface area (Å²) in [4.78, 5) is 12.6. The number of hydrogen-bond donors (Lipinski definition) is 1. The van der Waals surface area contributed by atoms with E-state index in [9.17, 15) is 13.2 Å². The molecule has 0 atom stereocenters. The molecule has 3 rings (SSSR count). The molecular weight excluding hydrogens is 376 g/mol. The van der Waals surface area contributed by atoms with Crippen molar-refractivity contribution >= 4 is 15.9 Å². The van der Waals surface area contributed by atoms with E-state index in [0.29, 0.717) is 18.7 Å². The lowest BCUT2D eigenvalue weighted by atomic mass is 10.1. The minimum absolute atomic E-state index is 0.0873. The van der Waals surface area contributed by atoms with E-state index < -0.39 is 10.0 Å². The summed E-state index contributed by atoms with van der Waals surface area (Å²) in [5.74, 6) is -0.329. The van der Waals surface area contributed by atoms with E-state index >= 15 is 0 Å². The van der Waals surface area contributed by atoms with Crippen molar-refractivity contribution in [2.75, 3.05) is 14.1 Å². The monoisotopic (exact) mass is 398 g/mol. The van der Waals surface area contributed by atoms with Crippen molar-refractivity contribution in [3.05, 3.63) is 83.7 Å². The highest BCUT2D eigenvalue weighted by molar-refractivity contribution is 7.89. The zero-order chi connectivity index (χ0) is 20.1. The summed E-state index contributed by atoms with van der Waals surface area (Å²) in [6.07, 6.45) is 3.60. The molecule has 7 nitrogen and oxygen atoms in total. The van der Waals surface area contributed by atoms with E-state index in [1.165, 1.54) is 26.2 Å². The highest BCUT2D eigenvalue weighted by Crippen LogP contribution is 2.15. The number of benzene rings is 2. The summed E-state index contributed by atoms with van der Waals surface area (Å²) in [7, 11) is -0.678. The Morgan fingerprint density at radius 1 is 1.07 bits per heavy atom. The molecule has 0 radical (unpaired) electrons. The average molecular weight is 398 g/mol. The molecular formula is C20H22N4O3S. The van der Waals surface area contributed by atoms with Crippen molar-refractivity contribution in [3.63, 3.8) is 0 Å². The normalized spacial score (nSPS) is 11.5. The van der Waals surface area contributed by atoms with Crippen LogP contribution < -0.4 is 5.32 Å². The topological polar surface area (TPSA) is 84.3 Å². The van der Waals surface area contributed by atoms with E-state index in [4.69, 9.17) is 0 Å². The highest BCUT2D eigenvalue weighted by Gasteiger charge is 2.18. The molecule has 0 unspecified atom stereocenters. The van der Waals surface area contributed by atoms with E-state index in [2.05, 4.69) is 10.4 Å². The number of hydrogen-bond acceptors (Lipinski definition) is 4. The van der Waals surface area contributed by atoms with Crippen LogP contribution in [0, 0.1) is 0 Å². The fourth-order valence-electron chi connectivity index (χ4n) is 2.74. The second kappa shape index (κ2) is 8.37. The van der Waals surface area contributed by atoms with Crippen molar-refractivity contribution in [1.82, 2.24) is 19.4 Å². The van der Waals surface area contributed by atoms with Crippen LogP contribution >= 0.6 is 0 Å². The van der Waals surface area contributed by atoms with Gasteiger partial charge in [0.15, 0.2) is 0 Å². The molecule has 0 saturated carbocycles. The van der Waals surface area contributed by atoms with Crippen LogP contribution in [0.5, 0.6) is 0 Å². The van der Waals surface area contributed by atoms with Gasteiger partial charge in [0.2, 0.25) is 10.0 Å². The van der Waals surface area contributed by atoms with Gasteiger partial charge in [-0.25, -0.2) is 12.7 Å². The predicted octanol–water partition coefficient (Wildman–Crippen LogP) is 2.11. The Bertz CT molecular complexity index is 1060. The van der Waals surface area contributed by atoms with Gasteiger partial charge in [-0.1, -0.05) is 30.3 Å². The Balaban J connectivity index is 1.73. The number of nitrogens with zero attached hydrogens (tertiary/aromatic N) is 3. The maximum absolute atomic E-state index is 12.6. The molecule has 28 heavy (non-hydrogen) atoms. The number of sulfonamides is 1. The fraction of sp³-hybridized carbons (Fsp3) is 0.200. The first-order chi connectivity index (χ1) is 13.4. The van der Waals surface area contributed by atoms with Crippen LogP contribution in [0.3, 0.4) is 0 Å². The van der Waals surface area contributed by atoms with Crippen LogP contribution in [0.4, 0.5) is 0 Å². The largest absolute Gasteiger partial charge is 0.348 e. The molecule has 8 heteroatoms. The molecule has 146 valence electrons. The average Bonchev–Trinajstić information content (AvgIpc) is 3.20. The zero-order valence-corrected chi connectivity index (χ0v) is 16.6. The molecule has 0 aliphatic rings. The highest BCUT2D eigenvalue weighted by atomic mass is 32.2. The van der Waals surface area contributed by atoms with Crippen LogP contribution in [0.15, 0.2) is 71.9 Å². The van der Waals surface area contributed by atoms with E-state index in [1.54, 1.807) is 18.3 Å². The molecule has 0 bridgehead atoms. The molecule has 3 aromatic rings. The van der Waals surface area contributed by atoms with Gasteiger partial charge >= 0.3 is 0 Å². The van der Waals surface area contributed by atoms with Gasteiger partial charge in [0.25, 0.3) is 5.91 Å². The first-order valence-corrected chi connectivity index (χ1v) is 10.2. The second-order valence-corrected chi connectivity index (χ2v) is 8.62. The van der Waals surface area contributed by atoms with Crippen molar-refractivity contribution in [1.29, 1.82) is 0 Å². The second-order valence-electron chi connectivity index (χ2n) is 6.47. The third-order valence-electron chi connectivity index (χ3n) is 4.32. The lowest BCUT2D eigenvalue weighted by Crippen LogP contribution is -2.25. The standard InChI is InChI=1S/C20H22N4O3S/c1-23(2)28(26,27)19-10-5-9-16(13-19)20(25)21-14-17-7-3-4-8-18(17)15-24-12-6-11-22-24/h3-13H,14-15H2,1-2H3,(H,21,25). The zero-order valence-electron chi connectivity index (χ0n) is 15.7. The van der Waals surface area contributed by atoms with Crippen molar-refractivity contribution in [2.24, 2.45) is 0 Å². The number of carbonyl (C=O) groups is 1. The minimum Gasteiger partial charge on any atom is -0.348 e. The smallest absolute Gasteiger partial charge is 0.251 e. The summed E-state index contributed by atoms with van der Waals surface area (Å²) in [6, 6.07) is 15.7. The molecule has 0 spiro atoms. The third kappa shape index (κ3) is 4.47. The molecule has 0 aliphatic heterocycles. The quantitative estimate of drug-likeness (QED) is 0.661. The van der Waals surface area contributed by atoms with Crippen LogP contribution in [0.2, 0.25) is 0 Å². The SMILES string of the molecule is CN(C)S(=O)(=O)c1cccc(C(=O)NCc2ccccc2Cn2cccn2)c1. The van der Waals surface area contributed by atoms with Gasteiger partial charge in [-0.15, -0.1) is 0 Å². The maximum Gasteiger partial charge on any atom is 0.251 e. The number of nitrogens with one attached hydrogen (secondary N) is 1. The first-order valence-electron chi connectivity index (χ1n) is 8.73.